The third-order valence-corrected chi connectivity index (χ3v) is 2.22. The van der Waals surface area contributed by atoms with Crippen LogP contribution in [0.25, 0.3) is 0 Å². The van der Waals surface area contributed by atoms with Crippen LogP contribution in [-0.2, 0) is 0 Å². The van der Waals surface area contributed by atoms with Gasteiger partial charge in [0.05, 0.1) is 11.4 Å². The number of nitrogens with one attached hydrogen (secondary N) is 2. The number of anilines is 2. The standard InChI is InChI=1S/C9H9ClN4/c10-8-7(14-8)9(12)13-6-4-2-1-3-5(6)11/h1-4,7H,11H2,(H2,12,13). The Bertz CT molecular complexity index is 413. The summed E-state index contributed by atoms with van der Waals surface area (Å²) in [7, 11) is 0. The number of amidine groups is 1. The molecule has 0 aliphatic carbocycles. The fourth-order valence-electron chi connectivity index (χ4n) is 1.09. The summed E-state index contributed by atoms with van der Waals surface area (Å²) in [6.07, 6.45) is 0. The maximum atomic E-state index is 7.60. The molecule has 0 spiro atoms. The van der Waals surface area contributed by atoms with Gasteiger partial charge in [-0.05, 0) is 12.1 Å². The zero-order valence-corrected chi connectivity index (χ0v) is 8.05. The Hall–Kier alpha value is -1.55. The molecule has 1 heterocycles. The van der Waals surface area contributed by atoms with Crippen molar-refractivity contribution in [3.63, 3.8) is 0 Å². The van der Waals surface area contributed by atoms with E-state index in [1.807, 2.05) is 12.1 Å². The van der Waals surface area contributed by atoms with Gasteiger partial charge in [-0.25, -0.2) is 0 Å². The second-order valence-electron chi connectivity index (χ2n) is 2.98. The van der Waals surface area contributed by atoms with E-state index in [2.05, 4.69) is 10.3 Å². The molecule has 1 unspecified atom stereocenters. The van der Waals surface area contributed by atoms with Crippen LogP contribution in [0, 0.1) is 5.41 Å². The monoisotopic (exact) mass is 208 g/mol. The Morgan fingerprint density at radius 1 is 1.50 bits per heavy atom. The molecule has 0 aromatic heterocycles. The van der Waals surface area contributed by atoms with E-state index in [9.17, 15) is 0 Å². The Morgan fingerprint density at radius 2 is 2.14 bits per heavy atom. The van der Waals surface area contributed by atoms with Crippen LogP contribution >= 0.6 is 11.6 Å². The number of nitrogens with two attached hydrogens (primary N) is 1. The van der Waals surface area contributed by atoms with E-state index in [-0.39, 0.29) is 11.9 Å². The number of hydrogen-bond acceptors (Lipinski definition) is 3. The predicted octanol–water partition coefficient (Wildman–Crippen LogP) is 1.68. The Morgan fingerprint density at radius 3 is 2.71 bits per heavy atom. The normalized spacial score (nSPS) is 18.6. The first-order valence-corrected chi connectivity index (χ1v) is 4.49. The fraction of sp³-hybridized carbons (Fsp3) is 0.111. The number of rotatable bonds is 2. The van der Waals surface area contributed by atoms with Crippen LogP contribution in [0.2, 0.25) is 0 Å². The van der Waals surface area contributed by atoms with Gasteiger partial charge in [-0.15, -0.1) is 0 Å². The van der Waals surface area contributed by atoms with Crippen molar-refractivity contribution in [3.8, 4) is 0 Å². The van der Waals surface area contributed by atoms with Crippen molar-refractivity contribution < 1.29 is 0 Å². The first-order chi connectivity index (χ1) is 6.68. The van der Waals surface area contributed by atoms with Crippen molar-refractivity contribution >= 4 is 34.0 Å². The lowest BCUT2D eigenvalue weighted by Gasteiger charge is -2.08. The third-order valence-electron chi connectivity index (χ3n) is 1.91. The number of nitrogen functional groups attached to an aromatic ring is 1. The number of benzene rings is 1. The van der Waals surface area contributed by atoms with E-state index in [1.54, 1.807) is 12.1 Å². The molecule has 72 valence electrons. The van der Waals surface area contributed by atoms with Crippen molar-refractivity contribution in [2.24, 2.45) is 4.99 Å². The minimum absolute atomic E-state index is 0.257. The maximum absolute atomic E-state index is 7.60. The van der Waals surface area contributed by atoms with E-state index in [0.717, 1.165) is 0 Å². The minimum atomic E-state index is -0.281. The van der Waals surface area contributed by atoms with Crippen molar-refractivity contribution in [2.75, 3.05) is 11.1 Å². The van der Waals surface area contributed by atoms with Crippen LogP contribution in [-0.4, -0.2) is 17.0 Å². The molecule has 1 aliphatic heterocycles. The molecule has 1 aromatic rings. The highest BCUT2D eigenvalue weighted by molar-refractivity contribution is 6.73. The van der Waals surface area contributed by atoms with Crippen LogP contribution in [0.4, 0.5) is 11.4 Å². The molecule has 4 nitrogen and oxygen atoms in total. The molecule has 0 saturated heterocycles. The van der Waals surface area contributed by atoms with Crippen molar-refractivity contribution in [1.82, 2.24) is 0 Å². The van der Waals surface area contributed by atoms with Gasteiger partial charge in [0.15, 0.2) is 6.04 Å². The molecule has 0 radical (unpaired) electrons. The van der Waals surface area contributed by atoms with Crippen LogP contribution in [0.5, 0.6) is 0 Å². The first-order valence-electron chi connectivity index (χ1n) is 4.11. The van der Waals surface area contributed by atoms with Gasteiger partial charge in [-0.2, -0.15) is 0 Å². The topological polar surface area (TPSA) is 74.3 Å². The summed E-state index contributed by atoms with van der Waals surface area (Å²) in [5.74, 6) is 0.257. The van der Waals surface area contributed by atoms with Gasteiger partial charge in [-0.1, -0.05) is 23.7 Å². The molecule has 0 fully saturated rings. The quantitative estimate of drug-likeness (QED) is 0.393. The average molecular weight is 209 g/mol. The molecular formula is C9H9ClN4. The zero-order chi connectivity index (χ0) is 10.1. The number of halogens is 1. The molecule has 4 N–H and O–H groups in total. The summed E-state index contributed by atoms with van der Waals surface area (Å²) in [6.45, 7) is 0. The van der Waals surface area contributed by atoms with Gasteiger partial charge in [0, 0.05) is 0 Å². The smallest absolute Gasteiger partial charge is 0.161 e. The lowest BCUT2D eigenvalue weighted by molar-refractivity contribution is 1.28. The number of hydrogen-bond donors (Lipinski definition) is 3. The van der Waals surface area contributed by atoms with E-state index in [0.29, 0.717) is 16.5 Å². The summed E-state index contributed by atoms with van der Waals surface area (Å²) in [4.78, 5) is 3.84. The number of aliphatic imine (C=N–C) groups is 1. The van der Waals surface area contributed by atoms with Crippen LogP contribution in [0.15, 0.2) is 29.3 Å². The second-order valence-corrected chi connectivity index (χ2v) is 3.37. The molecule has 0 saturated carbocycles. The second kappa shape index (κ2) is 3.31. The third kappa shape index (κ3) is 1.70. The van der Waals surface area contributed by atoms with Gasteiger partial charge in [0.1, 0.15) is 11.0 Å². The maximum Gasteiger partial charge on any atom is 0.161 e. The molecule has 5 heteroatoms. The van der Waals surface area contributed by atoms with Crippen molar-refractivity contribution in [1.29, 1.82) is 5.41 Å². The van der Waals surface area contributed by atoms with Gasteiger partial charge in [0.25, 0.3) is 0 Å². The lowest BCUT2D eigenvalue weighted by Crippen LogP contribution is -2.20. The molecule has 1 atom stereocenters. The SMILES string of the molecule is N=C(Nc1ccccc1N)C1N=C1Cl. The summed E-state index contributed by atoms with van der Waals surface area (Å²) in [6, 6.07) is 6.98. The minimum Gasteiger partial charge on any atom is -0.397 e. The molecule has 0 amide bonds. The molecule has 1 aliphatic rings. The van der Waals surface area contributed by atoms with E-state index < -0.39 is 0 Å². The largest absolute Gasteiger partial charge is 0.397 e. The van der Waals surface area contributed by atoms with E-state index >= 15 is 0 Å². The van der Waals surface area contributed by atoms with Crippen molar-refractivity contribution in [3.05, 3.63) is 24.3 Å². The molecular weight excluding hydrogens is 200 g/mol. The predicted molar refractivity (Wildman–Crippen MR) is 59.3 cm³/mol. The summed E-state index contributed by atoms with van der Waals surface area (Å²) in [5.41, 5.74) is 7.01. The average Bonchev–Trinajstić information content (AvgIpc) is 2.87. The number of nitrogens with zero attached hydrogens (tertiary/aromatic N) is 1. The molecule has 0 bridgehead atoms. The highest BCUT2D eigenvalue weighted by Gasteiger charge is 2.30. The van der Waals surface area contributed by atoms with Gasteiger partial charge in [-0.3, -0.25) is 10.4 Å². The van der Waals surface area contributed by atoms with Crippen molar-refractivity contribution in [2.45, 2.75) is 6.04 Å². The highest BCUT2D eigenvalue weighted by atomic mass is 35.5. The number of para-hydroxylation sites is 2. The Kier molecular flexibility index (Phi) is 2.13. The zero-order valence-electron chi connectivity index (χ0n) is 7.29. The van der Waals surface area contributed by atoms with Crippen LogP contribution in [0.3, 0.4) is 0 Å². The van der Waals surface area contributed by atoms with Crippen LogP contribution < -0.4 is 11.1 Å². The molecule has 14 heavy (non-hydrogen) atoms. The van der Waals surface area contributed by atoms with E-state index in [4.69, 9.17) is 22.7 Å². The van der Waals surface area contributed by atoms with E-state index in [1.165, 1.54) is 0 Å². The Labute approximate surface area is 86.3 Å². The summed E-state index contributed by atoms with van der Waals surface area (Å²) < 4.78 is 0. The van der Waals surface area contributed by atoms with Gasteiger partial charge >= 0.3 is 0 Å². The fourth-order valence-corrected chi connectivity index (χ4v) is 1.30. The summed E-state index contributed by atoms with van der Waals surface area (Å²) in [5, 5.41) is 10.9. The van der Waals surface area contributed by atoms with Gasteiger partial charge in [0.2, 0.25) is 0 Å². The van der Waals surface area contributed by atoms with Crippen LogP contribution in [0.1, 0.15) is 0 Å². The first kappa shape index (κ1) is 9.02. The molecule has 1 aromatic carbocycles. The lowest BCUT2D eigenvalue weighted by atomic mass is 10.2. The summed E-state index contributed by atoms with van der Waals surface area (Å²) >= 11 is 5.59. The highest BCUT2D eigenvalue weighted by Crippen LogP contribution is 2.21. The Balaban J connectivity index is 2.04. The van der Waals surface area contributed by atoms with Gasteiger partial charge < -0.3 is 11.1 Å². The molecule has 2 rings (SSSR count).